The summed E-state index contributed by atoms with van der Waals surface area (Å²) in [6.07, 6.45) is 3.94. The van der Waals surface area contributed by atoms with Crippen LogP contribution in [0.1, 0.15) is 39.3 Å². The first-order valence-electron chi connectivity index (χ1n) is 9.78. The van der Waals surface area contributed by atoms with Crippen molar-refractivity contribution in [2.75, 3.05) is 18.2 Å². The lowest BCUT2D eigenvalue weighted by Gasteiger charge is -2.11. The summed E-state index contributed by atoms with van der Waals surface area (Å²) in [6, 6.07) is 7.69. The highest BCUT2D eigenvalue weighted by Gasteiger charge is 2.25. The number of benzene rings is 1. The minimum atomic E-state index is -0.472. The molecule has 2 amide bonds. The van der Waals surface area contributed by atoms with Gasteiger partial charge in [0.1, 0.15) is 10.8 Å². The molecule has 3 aromatic rings. The topological polar surface area (TPSA) is 94.3 Å². The smallest absolute Gasteiger partial charge is 0.251 e. The van der Waals surface area contributed by atoms with Gasteiger partial charge in [-0.3, -0.25) is 14.6 Å². The van der Waals surface area contributed by atoms with Crippen LogP contribution in [0.25, 0.3) is 10.9 Å². The van der Waals surface area contributed by atoms with Gasteiger partial charge < -0.3 is 15.8 Å². The molecule has 4 rings (SSSR count). The van der Waals surface area contributed by atoms with E-state index in [2.05, 4.69) is 10.3 Å². The molecule has 156 valence electrons. The lowest BCUT2D eigenvalue weighted by molar-refractivity contribution is -0.113. The molecule has 2 aromatic heterocycles. The number of fused-ring (bicyclic) bond motifs is 2. The number of amides is 2. The summed E-state index contributed by atoms with van der Waals surface area (Å²) < 4.78 is 5.33. The first-order chi connectivity index (χ1) is 14.5. The highest BCUT2D eigenvalue weighted by molar-refractivity contribution is 8.00. The SMILES string of the molecule is COc1ccc2nc(C)cc(SCC(=O)Nc3sc4c(c3C(N)=O)CCCC4)c2c1. The first-order valence-corrected chi connectivity index (χ1v) is 11.6. The van der Waals surface area contributed by atoms with Gasteiger partial charge in [0.05, 0.1) is 23.9 Å². The summed E-state index contributed by atoms with van der Waals surface area (Å²) in [5.74, 6) is 0.331. The Morgan fingerprint density at radius 2 is 2.07 bits per heavy atom. The van der Waals surface area contributed by atoms with Crippen LogP contribution < -0.4 is 15.8 Å². The largest absolute Gasteiger partial charge is 0.497 e. The van der Waals surface area contributed by atoms with E-state index in [4.69, 9.17) is 10.5 Å². The monoisotopic (exact) mass is 441 g/mol. The van der Waals surface area contributed by atoms with Crippen LogP contribution >= 0.6 is 23.1 Å². The van der Waals surface area contributed by atoms with Crippen LogP contribution in [0, 0.1) is 6.92 Å². The molecule has 0 unspecified atom stereocenters. The van der Waals surface area contributed by atoms with E-state index in [-0.39, 0.29) is 11.7 Å². The first kappa shape index (κ1) is 20.7. The molecular formula is C22H23N3O3S2. The number of hydrogen-bond donors (Lipinski definition) is 2. The summed E-state index contributed by atoms with van der Waals surface area (Å²) in [4.78, 5) is 31.4. The van der Waals surface area contributed by atoms with Gasteiger partial charge in [-0.25, -0.2) is 0 Å². The van der Waals surface area contributed by atoms with Crippen molar-refractivity contribution in [1.82, 2.24) is 4.98 Å². The van der Waals surface area contributed by atoms with E-state index in [1.165, 1.54) is 28.0 Å². The zero-order chi connectivity index (χ0) is 21.3. The number of anilines is 1. The van der Waals surface area contributed by atoms with Crippen molar-refractivity contribution in [1.29, 1.82) is 0 Å². The Kier molecular flexibility index (Phi) is 5.97. The lowest BCUT2D eigenvalue weighted by Crippen LogP contribution is -2.19. The van der Waals surface area contributed by atoms with Crippen molar-refractivity contribution in [2.45, 2.75) is 37.5 Å². The fourth-order valence-corrected chi connectivity index (χ4v) is 6.01. The zero-order valence-corrected chi connectivity index (χ0v) is 18.5. The number of aryl methyl sites for hydroxylation is 2. The average Bonchev–Trinajstić information content (AvgIpc) is 3.09. The van der Waals surface area contributed by atoms with Crippen molar-refractivity contribution in [3.05, 3.63) is 46.0 Å². The number of rotatable bonds is 6. The molecule has 0 spiro atoms. The number of ether oxygens (including phenoxy) is 1. The predicted octanol–water partition coefficient (Wildman–Crippen LogP) is 4.32. The van der Waals surface area contributed by atoms with Crippen molar-refractivity contribution < 1.29 is 14.3 Å². The molecule has 1 aliphatic carbocycles. The number of pyridine rings is 1. The van der Waals surface area contributed by atoms with Crippen LogP contribution in [0.15, 0.2) is 29.2 Å². The number of carbonyl (C=O) groups is 2. The fourth-order valence-electron chi connectivity index (χ4n) is 3.77. The van der Waals surface area contributed by atoms with Crippen LogP contribution in [0.4, 0.5) is 5.00 Å². The second-order valence-corrected chi connectivity index (χ2v) is 9.38. The molecule has 3 N–H and O–H groups in total. The molecule has 0 saturated heterocycles. The second-order valence-electron chi connectivity index (χ2n) is 7.26. The van der Waals surface area contributed by atoms with Gasteiger partial charge >= 0.3 is 0 Å². The number of aromatic nitrogens is 1. The minimum absolute atomic E-state index is 0.161. The van der Waals surface area contributed by atoms with Crippen molar-refractivity contribution >= 4 is 50.8 Å². The maximum atomic E-state index is 12.7. The number of thioether (sulfide) groups is 1. The third kappa shape index (κ3) is 4.15. The van der Waals surface area contributed by atoms with Crippen molar-refractivity contribution in [2.24, 2.45) is 5.73 Å². The highest BCUT2D eigenvalue weighted by atomic mass is 32.2. The zero-order valence-electron chi connectivity index (χ0n) is 16.9. The normalized spacial score (nSPS) is 13.1. The Bertz CT molecular complexity index is 1140. The molecule has 0 radical (unpaired) electrons. The van der Waals surface area contributed by atoms with E-state index in [9.17, 15) is 9.59 Å². The van der Waals surface area contributed by atoms with E-state index < -0.39 is 5.91 Å². The number of primary amides is 1. The van der Waals surface area contributed by atoms with E-state index in [1.54, 1.807) is 7.11 Å². The van der Waals surface area contributed by atoms with E-state index in [0.29, 0.717) is 10.6 Å². The van der Waals surface area contributed by atoms with Gasteiger partial charge in [-0.05, 0) is 62.4 Å². The van der Waals surface area contributed by atoms with Crippen molar-refractivity contribution in [3.63, 3.8) is 0 Å². The summed E-state index contributed by atoms with van der Waals surface area (Å²) >= 11 is 2.92. The van der Waals surface area contributed by atoms with Gasteiger partial charge in [-0.15, -0.1) is 23.1 Å². The summed E-state index contributed by atoms with van der Waals surface area (Å²) in [6.45, 7) is 1.93. The molecule has 0 aliphatic heterocycles. The Balaban J connectivity index is 1.54. The number of nitrogens with zero attached hydrogens (tertiary/aromatic N) is 1. The molecular weight excluding hydrogens is 418 g/mol. The molecule has 6 nitrogen and oxygen atoms in total. The van der Waals surface area contributed by atoms with Crippen molar-refractivity contribution in [3.8, 4) is 5.75 Å². The Morgan fingerprint density at radius 3 is 2.83 bits per heavy atom. The maximum absolute atomic E-state index is 12.7. The molecule has 2 heterocycles. The maximum Gasteiger partial charge on any atom is 0.251 e. The molecule has 0 saturated carbocycles. The lowest BCUT2D eigenvalue weighted by atomic mass is 9.95. The summed E-state index contributed by atoms with van der Waals surface area (Å²) in [5, 5.41) is 4.45. The van der Waals surface area contributed by atoms with Crippen LogP contribution in [0.5, 0.6) is 5.75 Å². The molecule has 0 atom stereocenters. The van der Waals surface area contributed by atoms with Crippen LogP contribution in [-0.2, 0) is 17.6 Å². The summed E-state index contributed by atoms with van der Waals surface area (Å²) in [7, 11) is 1.62. The van der Waals surface area contributed by atoms with E-state index in [1.807, 2.05) is 31.2 Å². The van der Waals surface area contributed by atoms with Gasteiger partial charge in [-0.2, -0.15) is 0 Å². The molecule has 0 fully saturated rings. The minimum Gasteiger partial charge on any atom is -0.497 e. The number of carbonyl (C=O) groups excluding carboxylic acids is 2. The molecule has 1 aliphatic rings. The number of hydrogen-bond acceptors (Lipinski definition) is 6. The van der Waals surface area contributed by atoms with Crippen LogP contribution in [0.2, 0.25) is 0 Å². The van der Waals surface area contributed by atoms with Gasteiger partial charge in [0, 0.05) is 20.9 Å². The standard InChI is InChI=1S/C22H23N3O3S2/c1-12-9-18(15-10-13(28-2)7-8-16(15)24-12)29-11-19(26)25-22-20(21(23)27)14-5-3-4-6-17(14)30-22/h7-10H,3-6,11H2,1-2H3,(H2,23,27)(H,25,26). The highest BCUT2D eigenvalue weighted by Crippen LogP contribution is 2.38. The van der Waals surface area contributed by atoms with Gasteiger partial charge in [-0.1, -0.05) is 0 Å². The van der Waals surface area contributed by atoms with Gasteiger partial charge in [0.2, 0.25) is 5.91 Å². The van der Waals surface area contributed by atoms with E-state index >= 15 is 0 Å². The quantitative estimate of drug-likeness (QED) is 0.556. The second kappa shape index (κ2) is 8.65. The van der Waals surface area contributed by atoms with E-state index in [0.717, 1.165) is 58.5 Å². The Labute approximate surface area is 183 Å². The molecule has 0 bridgehead atoms. The van der Waals surface area contributed by atoms with Gasteiger partial charge in [0.25, 0.3) is 5.91 Å². The summed E-state index contributed by atoms with van der Waals surface area (Å²) in [5.41, 5.74) is 8.88. The number of methoxy groups -OCH3 is 1. The molecule has 30 heavy (non-hydrogen) atoms. The number of nitrogens with one attached hydrogen (secondary N) is 1. The third-order valence-electron chi connectivity index (χ3n) is 5.14. The van der Waals surface area contributed by atoms with Crippen LogP contribution in [-0.4, -0.2) is 29.7 Å². The van der Waals surface area contributed by atoms with Crippen LogP contribution in [0.3, 0.4) is 0 Å². The number of thiophene rings is 1. The van der Waals surface area contributed by atoms with Gasteiger partial charge in [0.15, 0.2) is 0 Å². The number of nitrogens with two attached hydrogens (primary N) is 1. The Morgan fingerprint density at radius 1 is 1.27 bits per heavy atom. The molecule has 8 heteroatoms. The predicted molar refractivity (Wildman–Crippen MR) is 122 cm³/mol. The Hall–Kier alpha value is -2.58. The average molecular weight is 442 g/mol. The fraction of sp³-hybridized carbons (Fsp3) is 0.318. The third-order valence-corrected chi connectivity index (χ3v) is 7.40. The molecule has 1 aromatic carbocycles.